The Labute approximate surface area is 155 Å². The molecule has 4 rings (SSSR count). The topological polar surface area (TPSA) is 72.2 Å². The molecule has 0 amide bonds. The number of aryl methyl sites for hydroxylation is 1. The molecule has 1 aliphatic rings. The molecule has 2 aromatic carbocycles. The van der Waals surface area contributed by atoms with Crippen LogP contribution in [-0.4, -0.2) is 22.5 Å². The van der Waals surface area contributed by atoms with Crippen LogP contribution in [0.3, 0.4) is 0 Å². The fourth-order valence-corrected chi connectivity index (χ4v) is 3.77. The van der Waals surface area contributed by atoms with Crippen molar-refractivity contribution in [2.45, 2.75) is 6.92 Å². The van der Waals surface area contributed by atoms with Gasteiger partial charge in [0.15, 0.2) is 0 Å². The molecule has 0 radical (unpaired) electrons. The molecule has 6 heteroatoms. The predicted octanol–water partition coefficient (Wildman–Crippen LogP) is 4.96. The van der Waals surface area contributed by atoms with E-state index in [1.807, 2.05) is 66.9 Å². The number of anilines is 3. The highest BCUT2D eigenvalue weighted by Gasteiger charge is 2.30. The zero-order valence-electron chi connectivity index (χ0n) is 14.2. The highest BCUT2D eigenvalue weighted by atomic mass is 32.1. The summed E-state index contributed by atoms with van der Waals surface area (Å²) in [5, 5.41) is 24.8. The molecule has 1 aromatic heterocycles. The van der Waals surface area contributed by atoms with E-state index in [4.69, 9.17) is 5.41 Å². The van der Waals surface area contributed by atoms with E-state index in [0.29, 0.717) is 10.6 Å². The molecule has 130 valence electrons. The average molecular weight is 362 g/mol. The van der Waals surface area contributed by atoms with Crippen molar-refractivity contribution in [2.24, 2.45) is 0 Å². The van der Waals surface area contributed by atoms with Gasteiger partial charge in [0.05, 0.1) is 12.1 Å². The first-order valence-electron chi connectivity index (χ1n) is 8.25. The van der Waals surface area contributed by atoms with Crippen molar-refractivity contribution < 1.29 is 5.11 Å². The lowest BCUT2D eigenvalue weighted by Gasteiger charge is -2.19. The van der Waals surface area contributed by atoms with Gasteiger partial charge in [-0.25, -0.2) is 4.98 Å². The van der Waals surface area contributed by atoms with Crippen molar-refractivity contribution in [1.82, 2.24) is 4.98 Å². The van der Waals surface area contributed by atoms with Crippen LogP contribution in [0, 0.1) is 12.3 Å². The van der Waals surface area contributed by atoms with Crippen LogP contribution in [0.2, 0.25) is 0 Å². The van der Waals surface area contributed by atoms with E-state index in [1.165, 1.54) is 11.3 Å². The van der Waals surface area contributed by atoms with Crippen molar-refractivity contribution in [3.05, 3.63) is 76.4 Å². The monoisotopic (exact) mass is 362 g/mol. The van der Waals surface area contributed by atoms with Gasteiger partial charge in [-0.15, -0.1) is 11.3 Å². The Balaban J connectivity index is 1.53. The first-order valence-corrected chi connectivity index (χ1v) is 9.13. The van der Waals surface area contributed by atoms with Crippen molar-refractivity contribution in [3.8, 4) is 0 Å². The molecule has 2 heterocycles. The number of rotatable bonds is 4. The molecule has 0 unspecified atom stereocenters. The molecule has 0 aliphatic carbocycles. The average Bonchev–Trinajstić information content (AvgIpc) is 3.19. The minimum absolute atomic E-state index is 0.191. The Morgan fingerprint density at radius 2 is 1.77 bits per heavy atom. The first-order chi connectivity index (χ1) is 12.6. The van der Waals surface area contributed by atoms with Crippen LogP contribution in [0.15, 0.2) is 65.7 Å². The number of amidine groups is 1. The molecule has 0 saturated heterocycles. The summed E-state index contributed by atoms with van der Waals surface area (Å²) in [4.78, 5) is 6.19. The smallest absolute Gasteiger partial charge is 0.139 e. The van der Waals surface area contributed by atoms with Gasteiger partial charge < -0.3 is 15.3 Å². The van der Waals surface area contributed by atoms with E-state index in [-0.39, 0.29) is 18.1 Å². The van der Waals surface area contributed by atoms with Crippen molar-refractivity contribution >= 4 is 39.8 Å². The molecule has 3 N–H and O–H groups in total. The van der Waals surface area contributed by atoms with Gasteiger partial charge in [0.1, 0.15) is 16.6 Å². The second kappa shape index (κ2) is 6.65. The molecule has 0 bridgehead atoms. The van der Waals surface area contributed by atoms with Crippen LogP contribution in [0.1, 0.15) is 10.7 Å². The zero-order valence-corrected chi connectivity index (χ0v) is 15.0. The predicted molar refractivity (Wildman–Crippen MR) is 108 cm³/mol. The normalized spacial score (nSPS) is 14.2. The van der Waals surface area contributed by atoms with E-state index in [1.54, 1.807) is 4.90 Å². The van der Waals surface area contributed by atoms with E-state index in [2.05, 4.69) is 10.3 Å². The van der Waals surface area contributed by atoms with E-state index in [9.17, 15) is 5.11 Å². The van der Waals surface area contributed by atoms with Crippen LogP contribution in [0.4, 0.5) is 17.1 Å². The van der Waals surface area contributed by atoms with Gasteiger partial charge in [0, 0.05) is 28.1 Å². The lowest BCUT2D eigenvalue weighted by Crippen LogP contribution is -2.25. The molecule has 3 aromatic rings. The van der Waals surface area contributed by atoms with Crippen LogP contribution >= 0.6 is 11.3 Å². The summed E-state index contributed by atoms with van der Waals surface area (Å²) in [6, 6.07) is 17.8. The van der Waals surface area contributed by atoms with Gasteiger partial charge in [0.25, 0.3) is 0 Å². The quantitative estimate of drug-likeness (QED) is 0.613. The van der Waals surface area contributed by atoms with Gasteiger partial charge in [-0.2, -0.15) is 0 Å². The first kappa shape index (κ1) is 16.4. The molecule has 5 nitrogen and oxygen atoms in total. The molecule has 0 spiro atoms. The van der Waals surface area contributed by atoms with E-state index in [0.717, 1.165) is 22.8 Å². The maximum atomic E-state index is 10.4. The summed E-state index contributed by atoms with van der Waals surface area (Å²) in [7, 11) is 0. The highest BCUT2D eigenvalue weighted by molar-refractivity contribution is 7.11. The lowest BCUT2D eigenvalue weighted by atomic mass is 10.2. The number of aliphatic hydroxyl groups is 1. The number of aromatic nitrogens is 1. The maximum Gasteiger partial charge on any atom is 0.139 e. The van der Waals surface area contributed by atoms with Crippen LogP contribution in [0.25, 0.3) is 5.57 Å². The number of benzene rings is 2. The fourth-order valence-electron chi connectivity index (χ4n) is 2.91. The van der Waals surface area contributed by atoms with Gasteiger partial charge in [-0.05, 0) is 43.3 Å². The summed E-state index contributed by atoms with van der Waals surface area (Å²) in [5.74, 6) is 0.469. The SMILES string of the molecule is Cc1csc(C2=C(O)CN(c3ccc(Nc4ccccc4)cc3)C2=N)n1. The van der Waals surface area contributed by atoms with Crippen LogP contribution in [-0.2, 0) is 0 Å². The summed E-state index contributed by atoms with van der Waals surface area (Å²) in [6.45, 7) is 2.20. The number of hydrogen-bond acceptors (Lipinski definition) is 5. The molecule has 26 heavy (non-hydrogen) atoms. The number of nitrogens with zero attached hydrogens (tertiary/aromatic N) is 2. The third kappa shape index (κ3) is 3.07. The summed E-state index contributed by atoms with van der Waals surface area (Å²) >= 11 is 1.45. The third-order valence-corrected chi connectivity index (χ3v) is 5.16. The minimum Gasteiger partial charge on any atom is -0.510 e. The van der Waals surface area contributed by atoms with E-state index >= 15 is 0 Å². The summed E-state index contributed by atoms with van der Waals surface area (Å²) < 4.78 is 0. The van der Waals surface area contributed by atoms with Crippen molar-refractivity contribution in [1.29, 1.82) is 5.41 Å². The van der Waals surface area contributed by atoms with Crippen LogP contribution < -0.4 is 10.2 Å². The standard InChI is InChI=1S/C20H18N4OS/c1-13-12-26-20(22-13)18-17(25)11-24(19(18)21)16-9-7-15(8-10-16)23-14-5-3-2-4-6-14/h2-10,12,21,23,25H,11H2,1H3. The number of nitrogens with one attached hydrogen (secondary N) is 2. The largest absolute Gasteiger partial charge is 0.510 e. The molecule has 0 saturated carbocycles. The Hall–Kier alpha value is -3.12. The Morgan fingerprint density at radius 3 is 2.42 bits per heavy atom. The Morgan fingerprint density at radius 1 is 1.08 bits per heavy atom. The van der Waals surface area contributed by atoms with E-state index < -0.39 is 0 Å². The van der Waals surface area contributed by atoms with Gasteiger partial charge in [-0.3, -0.25) is 5.41 Å². The van der Waals surface area contributed by atoms with Crippen LogP contribution in [0.5, 0.6) is 0 Å². The van der Waals surface area contributed by atoms with Crippen molar-refractivity contribution in [2.75, 3.05) is 16.8 Å². The number of hydrogen-bond donors (Lipinski definition) is 3. The number of thiazole rings is 1. The van der Waals surface area contributed by atoms with Gasteiger partial charge >= 0.3 is 0 Å². The second-order valence-electron chi connectivity index (χ2n) is 6.09. The zero-order chi connectivity index (χ0) is 18.1. The van der Waals surface area contributed by atoms with Gasteiger partial charge in [-0.1, -0.05) is 18.2 Å². The maximum absolute atomic E-state index is 10.4. The summed E-state index contributed by atoms with van der Waals surface area (Å²) in [6.07, 6.45) is 0. The summed E-state index contributed by atoms with van der Waals surface area (Å²) in [5.41, 5.74) is 4.28. The van der Waals surface area contributed by atoms with Crippen molar-refractivity contribution in [3.63, 3.8) is 0 Å². The Bertz CT molecular complexity index is 977. The second-order valence-corrected chi connectivity index (χ2v) is 6.95. The van der Waals surface area contributed by atoms with Gasteiger partial charge in [0.2, 0.25) is 0 Å². The molecule has 0 atom stereocenters. The third-order valence-electron chi connectivity index (χ3n) is 4.18. The number of aliphatic hydroxyl groups excluding tert-OH is 1. The molecule has 1 aliphatic heterocycles. The minimum atomic E-state index is 0.191. The lowest BCUT2D eigenvalue weighted by molar-refractivity contribution is 0.411. The Kier molecular flexibility index (Phi) is 4.18. The molecular weight excluding hydrogens is 344 g/mol. The molecule has 0 fully saturated rings. The molecular formula is C20H18N4OS. The number of para-hydroxylation sites is 1. The highest BCUT2D eigenvalue weighted by Crippen LogP contribution is 2.33. The fraction of sp³-hybridized carbons (Fsp3) is 0.100.